The summed E-state index contributed by atoms with van der Waals surface area (Å²) < 4.78 is 2.07. The number of hydrogen-bond acceptors (Lipinski definition) is 1. The Hall–Kier alpha value is 1.53. The van der Waals surface area contributed by atoms with Crippen molar-refractivity contribution in [3.8, 4) is 0 Å². The Morgan fingerprint density at radius 2 is 1.80 bits per heavy atom. The van der Waals surface area contributed by atoms with Gasteiger partial charge < -0.3 is 0 Å². The van der Waals surface area contributed by atoms with Gasteiger partial charge in [-0.25, -0.2) is 0 Å². The number of benzene rings is 1. The summed E-state index contributed by atoms with van der Waals surface area (Å²) in [5.74, 6) is 0. The molecule has 0 spiro atoms. The third-order valence-corrected chi connectivity index (χ3v) is 2.77. The van der Waals surface area contributed by atoms with E-state index in [1.165, 1.54) is 0 Å². The van der Waals surface area contributed by atoms with Crippen molar-refractivity contribution in [2.75, 3.05) is 0 Å². The van der Waals surface area contributed by atoms with Crippen LogP contribution in [0.4, 0.5) is 0 Å². The van der Waals surface area contributed by atoms with Crippen molar-refractivity contribution in [3.63, 3.8) is 0 Å². The van der Waals surface area contributed by atoms with Crippen molar-refractivity contribution in [1.82, 2.24) is 0 Å². The molecule has 0 fully saturated rings. The van der Waals surface area contributed by atoms with Crippen LogP contribution in [0, 0.1) is 0 Å². The zero-order valence-corrected chi connectivity index (χ0v) is 8.50. The van der Waals surface area contributed by atoms with Crippen LogP contribution in [-0.4, -0.2) is 29.6 Å². The van der Waals surface area contributed by atoms with Crippen LogP contribution in [0.2, 0.25) is 0 Å². The van der Waals surface area contributed by atoms with Crippen molar-refractivity contribution in [3.05, 3.63) is 27.1 Å². The Labute approximate surface area is 105 Å². The van der Waals surface area contributed by atoms with Crippen LogP contribution in [0.3, 0.4) is 0 Å². The summed E-state index contributed by atoms with van der Waals surface area (Å²) >= 11 is 10.8. The van der Waals surface area contributed by atoms with Gasteiger partial charge in [0.05, 0.1) is 0 Å². The zero-order valence-electron chi connectivity index (χ0n) is 4.44. The first-order valence-corrected chi connectivity index (χ1v) is 4.37. The van der Waals surface area contributed by atoms with Crippen LogP contribution < -0.4 is 0 Å². The fourth-order valence-corrected chi connectivity index (χ4v) is 1.48. The summed E-state index contributed by atoms with van der Waals surface area (Å²) in [6.07, 6.45) is 0. The third-order valence-electron chi connectivity index (χ3n) is 0.908. The molecule has 0 aliphatic rings. The topological polar surface area (TPSA) is 0 Å². The predicted molar refractivity (Wildman–Crippen MR) is 56.2 cm³/mol. The average molecular weight is 292 g/mol. The molecule has 0 nitrogen and oxygen atoms in total. The summed E-state index contributed by atoms with van der Waals surface area (Å²) in [6.45, 7) is 0. The second-order valence-corrected chi connectivity index (χ2v) is 3.85. The fourth-order valence-electron chi connectivity index (χ4n) is 0.486. The Morgan fingerprint density at radius 1 is 1.20 bits per heavy atom. The molecule has 0 saturated heterocycles. The van der Waals surface area contributed by atoms with Gasteiger partial charge in [0.1, 0.15) is 0 Å². The molecule has 4 heteroatoms. The second kappa shape index (κ2) is 5.22. The zero-order chi connectivity index (χ0) is 6.85. The molecule has 0 aromatic heterocycles. The van der Waals surface area contributed by atoms with E-state index >= 15 is 0 Å². The predicted octanol–water partition coefficient (Wildman–Crippen LogP) is 2.85. The third kappa shape index (κ3) is 3.28. The number of hydrogen-bond donors (Lipinski definition) is 1. The molecule has 0 amide bonds. The van der Waals surface area contributed by atoms with Gasteiger partial charge in [-0.15, -0.1) is 12.6 Å². The molecule has 0 bridgehead atoms. The van der Waals surface area contributed by atoms with Crippen LogP contribution in [-0.2, 0) is 0 Å². The van der Waals surface area contributed by atoms with Crippen LogP contribution in [0.1, 0.15) is 0 Å². The average Bonchev–Trinajstić information content (AvgIpc) is 1.80. The van der Waals surface area contributed by atoms with Crippen LogP contribution in [0.15, 0.2) is 32.0 Å². The minimum atomic E-state index is 0. The van der Waals surface area contributed by atoms with E-state index in [0.717, 1.165) is 13.8 Å². The van der Waals surface area contributed by atoms with Crippen molar-refractivity contribution in [1.29, 1.82) is 0 Å². The molecule has 0 N–H and O–H groups in total. The van der Waals surface area contributed by atoms with Crippen molar-refractivity contribution in [2.24, 2.45) is 0 Å². The quantitative estimate of drug-likeness (QED) is 0.551. The molecule has 50 valence electrons. The fraction of sp³-hybridized carbons (Fsp3) is 0. The maximum atomic E-state index is 4.19. The molecule has 0 aliphatic carbocycles. The Balaban J connectivity index is 0.000000810. The standard InChI is InChI=1S/C6H4Br2S.Na.H/c7-4-1-2-5(8)6(9)3-4;;/h1-3,9H;;. The maximum absolute atomic E-state index is 4.19. The summed E-state index contributed by atoms with van der Waals surface area (Å²) in [5.41, 5.74) is 0. The summed E-state index contributed by atoms with van der Waals surface area (Å²) in [4.78, 5) is 0.948. The molecule has 0 saturated carbocycles. The Bertz CT molecular complexity index is 227. The molecule has 0 aliphatic heterocycles. The van der Waals surface area contributed by atoms with Gasteiger partial charge in [-0.1, -0.05) is 15.9 Å². The van der Waals surface area contributed by atoms with Crippen LogP contribution in [0.5, 0.6) is 0 Å². The van der Waals surface area contributed by atoms with E-state index in [0.29, 0.717) is 0 Å². The van der Waals surface area contributed by atoms with Crippen LogP contribution in [0.25, 0.3) is 0 Å². The summed E-state index contributed by atoms with van der Waals surface area (Å²) in [5, 5.41) is 0. The molecule has 10 heavy (non-hydrogen) atoms. The SMILES string of the molecule is Sc1cc(Br)ccc1Br.[NaH]. The number of thiol groups is 1. The molecule has 1 rings (SSSR count). The van der Waals surface area contributed by atoms with E-state index < -0.39 is 0 Å². The van der Waals surface area contributed by atoms with Gasteiger partial charge >= 0.3 is 29.6 Å². The van der Waals surface area contributed by atoms with Crippen molar-refractivity contribution < 1.29 is 0 Å². The first-order chi connectivity index (χ1) is 4.20. The van der Waals surface area contributed by atoms with Gasteiger partial charge in [0.25, 0.3) is 0 Å². The number of halogens is 2. The first-order valence-electron chi connectivity index (χ1n) is 2.34. The van der Waals surface area contributed by atoms with E-state index in [1.807, 2.05) is 18.2 Å². The molecule has 0 heterocycles. The first kappa shape index (κ1) is 11.5. The van der Waals surface area contributed by atoms with Crippen molar-refractivity contribution >= 4 is 74.0 Å². The van der Waals surface area contributed by atoms with Gasteiger partial charge in [-0.05, 0) is 34.1 Å². The molecule has 1 aromatic rings. The Morgan fingerprint density at radius 3 is 2.20 bits per heavy atom. The molecule has 0 atom stereocenters. The number of rotatable bonds is 0. The van der Waals surface area contributed by atoms with E-state index in [9.17, 15) is 0 Å². The normalized spacial score (nSPS) is 8.70. The molecule has 1 aromatic carbocycles. The van der Waals surface area contributed by atoms with E-state index in [2.05, 4.69) is 44.5 Å². The van der Waals surface area contributed by atoms with Gasteiger partial charge in [0.2, 0.25) is 0 Å². The Kier molecular flexibility index (Phi) is 6.02. The van der Waals surface area contributed by atoms with Gasteiger partial charge in [0, 0.05) is 13.8 Å². The molecule has 0 unspecified atom stereocenters. The van der Waals surface area contributed by atoms with Gasteiger partial charge in [-0.3, -0.25) is 0 Å². The second-order valence-electron chi connectivity index (χ2n) is 1.60. The molecular weight excluding hydrogens is 287 g/mol. The van der Waals surface area contributed by atoms with E-state index in [1.54, 1.807) is 0 Å². The van der Waals surface area contributed by atoms with E-state index in [-0.39, 0.29) is 29.6 Å². The minimum absolute atomic E-state index is 0. The van der Waals surface area contributed by atoms with Crippen molar-refractivity contribution in [2.45, 2.75) is 4.90 Å². The summed E-state index contributed by atoms with van der Waals surface area (Å²) in [7, 11) is 0. The molecular formula is C6H5Br2NaS. The van der Waals surface area contributed by atoms with Gasteiger partial charge in [0.15, 0.2) is 0 Å². The van der Waals surface area contributed by atoms with E-state index in [4.69, 9.17) is 0 Å². The monoisotopic (exact) mass is 290 g/mol. The summed E-state index contributed by atoms with van der Waals surface area (Å²) in [6, 6.07) is 5.85. The van der Waals surface area contributed by atoms with Gasteiger partial charge in [-0.2, -0.15) is 0 Å². The molecule has 0 radical (unpaired) electrons. The van der Waals surface area contributed by atoms with Crippen LogP contribution >= 0.6 is 44.5 Å².